The van der Waals surface area contributed by atoms with Crippen LogP contribution in [0.5, 0.6) is 11.5 Å². The van der Waals surface area contributed by atoms with Crippen LogP contribution in [0.3, 0.4) is 0 Å². The number of benzene rings is 2. The van der Waals surface area contributed by atoms with E-state index in [-0.39, 0.29) is 5.57 Å². The first-order chi connectivity index (χ1) is 15.0. The van der Waals surface area contributed by atoms with E-state index in [1.807, 2.05) is 30.3 Å². The van der Waals surface area contributed by atoms with Crippen molar-refractivity contribution in [3.8, 4) is 17.6 Å². The van der Waals surface area contributed by atoms with E-state index in [9.17, 15) is 10.1 Å². The maximum absolute atomic E-state index is 12.2. The summed E-state index contributed by atoms with van der Waals surface area (Å²) in [4.78, 5) is 16.2. The molecule has 0 aliphatic rings. The molecule has 0 atom stereocenters. The Balaban J connectivity index is 1.46. The molecule has 0 aliphatic heterocycles. The molecular weight excluding hydrogens is 410 g/mol. The highest BCUT2D eigenvalue weighted by atomic mass is 32.1. The molecule has 0 aliphatic carbocycles. The number of anilines is 1. The Morgan fingerprint density at radius 3 is 2.39 bits per heavy atom. The molecular formula is C24H23N3O3S. The lowest BCUT2D eigenvalue weighted by molar-refractivity contribution is -0.112. The number of nitriles is 1. The number of rotatable bonds is 9. The topological polar surface area (TPSA) is 84.2 Å². The van der Waals surface area contributed by atoms with Crippen molar-refractivity contribution in [1.82, 2.24) is 4.98 Å². The minimum atomic E-state index is -0.485. The standard InChI is InChI=1S/C24H23N3O3S/c1-17-12-18(2)14-22(13-17)30-10-3-9-29-21-6-4-19(5-7-21)15-20(16-25)23(28)27-24-26-8-11-31-24/h4-8,11-15H,3,9-10H2,1-2H3,(H,26,27,28). The Bertz CT molecular complexity index is 1060. The number of nitrogens with one attached hydrogen (secondary N) is 1. The monoisotopic (exact) mass is 433 g/mol. The first kappa shape index (κ1) is 22.1. The van der Waals surface area contributed by atoms with Crippen molar-refractivity contribution < 1.29 is 14.3 Å². The van der Waals surface area contributed by atoms with E-state index in [1.54, 1.807) is 23.7 Å². The third kappa shape index (κ3) is 6.98. The van der Waals surface area contributed by atoms with Crippen LogP contribution in [-0.2, 0) is 4.79 Å². The Kier molecular flexibility index (Phi) is 7.79. The highest BCUT2D eigenvalue weighted by molar-refractivity contribution is 7.13. The minimum Gasteiger partial charge on any atom is -0.493 e. The van der Waals surface area contributed by atoms with Crippen molar-refractivity contribution in [2.75, 3.05) is 18.5 Å². The summed E-state index contributed by atoms with van der Waals surface area (Å²) in [5, 5.41) is 14.1. The number of amides is 1. The van der Waals surface area contributed by atoms with Gasteiger partial charge in [-0.25, -0.2) is 4.98 Å². The van der Waals surface area contributed by atoms with Gasteiger partial charge in [-0.05, 0) is 60.9 Å². The minimum absolute atomic E-state index is 0.00685. The Labute approximate surface area is 185 Å². The highest BCUT2D eigenvalue weighted by Crippen LogP contribution is 2.18. The van der Waals surface area contributed by atoms with Gasteiger partial charge in [0, 0.05) is 18.0 Å². The third-order valence-electron chi connectivity index (χ3n) is 4.23. The van der Waals surface area contributed by atoms with E-state index in [1.165, 1.54) is 28.5 Å². The first-order valence-electron chi connectivity index (χ1n) is 9.80. The van der Waals surface area contributed by atoms with Gasteiger partial charge in [-0.15, -0.1) is 11.3 Å². The van der Waals surface area contributed by atoms with Crippen molar-refractivity contribution >= 4 is 28.5 Å². The number of carbonyl (C=O) groups excluding carboxylic acids is 1. The van der Waals surface area contributed by atoms with Crippen LogP contribution in [0.1, 0.15) is 23.1 Å². The number of thiazole rings is 1. The molecule has 2 aromatic carbocycles. The fourth-order valence-corrected chi connectivity index (χ4v) is 3.40. The number of aromatic nitrogens is 1. The highest BCUT2D eigenvalue weighted by Gasteiger charge is 2.10. The quantitative estimate of drug-likeness (QED) is 0.286. The zero-order valence-corrected chi connectivity index (χ0v) is 18.2. The van der Waals surface area contributed by atoms with Gasteiger partial charge in [-0.3, -0.25) is 10.1 Å². The SMILES string of the molecule is Cc1cc(C)cc(OCCCOc2ccc(C=C(C#N)C(=O)Nc3nccs3)cc2)c1. The van der Waals surface area contributed by atoms with Crippen LogP contribution in [0, 0.1) is 25.2 Å². The van der Waals surface area contributed by atoms with Crippen LogP contribution < -0.4 is 14.8 Å². The summed E-state index contributed by atoms with van der Waals surface area (Å²) in [5.74, 6) is 1.11. The molecule has 158 valence electrons. The number of aryl methyl sites for hydroxylation is 2. The zero-order chi connectivity index (χ0) is 22.1. The van der Waals surface area contributed by atoms with Crippen LogP contribution in [0.4, 0.5) is 5.13 Å². The number of hydrogen-bond donors (Lipinski definition) is 1. The lowest BCUT2D eigenvalue weighted by Gasteiger charge is -2.09. The van der Waals surface area contributed by atoms with Crippen molar-refractivity contribution in [3.63, 3.8) is 0 Å². The van der Waals surface area contributed by atoms with Gasteiger partial charge in [0.05, 0.1) is 13.2 Å². The van der Waals surface area contributed by atoms with Crippen LogP contribution in [-0.4, -0.2) is 24.1 Å². The summed E-state index contributed by atoms with van der Waals surface area (Å²) in [7, 11) is 0. The summed E-state index contributed by atoms with van der Waals surface area (Å²) in [5.41, 5.74) is 3.10. The van der Waals surface area contributed by atoms with Crippen LogP contribution >= 0.6 is 11.3 Å². The second-order valence-electron chi connectivity index (χ2n) is 6.90. The fraction of sp³-hybridized carbons (Fsp3) is 0.208. The molecule has 6 nitrogen and oxygen atoms in total. The molecule has 0 saturated heterocycles. The van der Waals surface area contributed by atoms with E-state index in [4.69, 9.17) is 9.47 Å². The van der Waals surface area contributed by atoms with E-state index in [0.29, 0.717) is 24.1 Å². The maximum atomic E-state index is 12.2. The van der Waals surface area contributed by atoms with E-state index < -0.39 is 5.91 Å². The van der Waals surface area contributed by atoms with Gasteiger partial charge in [0.15, 0.2) is 5.13 Å². The Hall–Kier alpha value is -3.63. The average Bonchev–Trinajstić information content (AvgIpc) is 3.25. The van der Waals surface area contributed by atoms with Gasteiger partial charge in [0.1, 0.15) is 23.1 Å². The summed E-state index contributed by atoms with van der Waals surface area (Å²) >= 11 is 1.29. The van der Waals surface area contributed by atoms with Crippen molar-refractivity contribution in [2.24, 2.45) is 0 Å². The number of nitrogens with zero attached hydrogens (tertiary/aromatic N) is 2. The van der Waals surface area contributed by atoms with Crippen molar-refractivity contribution in [1.29, 1.82) is 5.26 Å². The molecule has 0 bridgehead atoms. The molecule has 3 aromatic rings. The van der Waals surface area contributed by atoms with E-state index >= 15 is 0 Å². The number of carbonyl (C=O) groups is 1. The molecule has 0 radical (unpaired) electrons. The van der Waals surface area contributed by atoms with Crippen LogP contribution in [0.25, 0.3) is 6.08 Å². The molecule has 0 spiro atoms. The predicted octanol–water partition coefficient (Wildman–Crippen LogP) is 5.15. The van der Waals surface area contributed by atoms with Gasteiger partial charge in [0.2, 0.25) is 0 Å². The van der Waals surface area contributed by atoms with Crippen LogP contribution in [0.2, 0.25) is 0 Å². The summed E-state index contributed by atoms with van der Waals surface area (Å²) in [6.45, 7) is 5.20. The number of hydrogen-bond acceptors (Lipinski definition) is 6. The molecule has 7 heteroatoms. The second-order valence-corrected chi connectivity index (χ2v) is 7.80. The lowest BCUT2D eigenvalue weighted by atomic mass is 10.1. The smallest absolute Gasteiger partial charge is 0.268 e. The Morgan fingerprint density at radius 1 is 1.10 bits per heavy atom. The fourth-order valence-electron chi connectivity index (χ4n) is 2.88. The van der Waals surface area contributed by atoms with Crippen molar-refractivity contribution in [2.45, 2.75) is 20.3 Å². The average molecular weight is 434 g/mol. The zero-order valence-electron chi connectivity index (χ0n) is 17.4. The molecule has 0 saturated carbocycles. The molecule has 1 N–H and O–H groups in total. The molecule has 1 heterocycles. The van der Waals surface area contributed by atoms with E-state index in [2.05, 4.69) is 30.2 Å². The van der Waals surface area contributed by atoms with E-state index in [0.717, 1.165) is 17.7 Å². The largest absolute Gasteiger partial charge is 0.493 e. The molecule has 0 unspecified atom stereocenters. The summed E-state index contributed by atoms with van der Waals surface area (Å²) in [6, 6.07) is 15.3. The maximum Gasteiger partial charge on any atom is 0.268 e. The second kappa shape index (κ2) is 11.0. The molecule has 1 aromatic heterocycles. The van der Waals surface area contributed by atoms with Gasteiger partial charge in [-0.1, -0.05) is 18.2 Å². The van der Waals surface area contributed by atoms with Gasteiger partial charge >= 0.3 is 0 Å². The normalized spacial score (nSPS) is 10.9. The van der Waals surface area contributed by atoms with Gasteiger partial charge < -0.3 is 9.47 Å². The summed E-state index contributed by atoms with van der Waals surface area (Å²) < 4.78 is 11.5. The molecule has 1 amide bonds. The summed E-state index contributed by atoms with van der Waals surface area (Å²) in [6.07, 6.45) is 3.87. The predicted molar refractivity (Wildman–Crippen MR) is 122 cm³/mol. The third-order valence-corrected chi connectivity index (χ3v) is 4.92. The van der Waals surface area contributed by atoms with Crippen molar-refractivity contribution in [3.05, 3.63) is 76.3 Å². The molecule has 0 fully saturated rings. The lowest BCUT2D eigenvalue weighted by Crippen LogP contribution is -2.13. The van der Waals surface area contributed by atoms with Crippen LogP contribution in [0.15, 0.2) is 59.6 Å². The molecule has 3 rings (SSSR count). The van der Waals surface area contributed by atoms with Gasteiger partial charge in [0.25, 0.3) is 5.91 Å². The first-order valence-corrected chi connectivity index (χ1v) is 10.7. The molecule has 31 heavy (non-hydrogen) atoms. The number of ether oxygens (including phenoxy) is 2. The van der Waals surface area contributed by atoms with Gasteiger partial charge in [-0.2, -0.15) is 5.26 Å². The Morgan fingerprint density at radius 2 is 1.77 bits per heavy atom.